The lowest BCUT2D eigenvalue weighted by Crippen LogP contribution is -2.03. The molecule has 21 heavy (non-hydrogen) atoms. The summed E-state index contributed by atoms with van der Waals surface area (Å²) < 4.78 is 21.5. The lowest BCUT2D eigenvalue weighted by molar-refractivity contribution is 0.460. The van der Waals surface area contributed by atoms with Gasteiger partial charge in [0.25, 0.3) is 5.88 Å². The minimum Gasteiger partial charge on any atom is -0.436 e. The Bertz CT molecular complexity index is 769. The summed E-state index contributed by atoms with van der Waals surface area (Å²) in [6, 6.07) is 4.33. The van der Waals surface area contributed by atoms with Crippen LogP contribution in [0.2, 0.25) is 0 Å². The van der Waals surface area contributed by atoms with Gasteiger partial charge in [-0.3, -0.25) is 4.40 Å². The molecular weight excluding hydrogens is 339 g/mol. The van der Waals surface area contributed by atoms with Crippen molar-refractivity contribution in [3.8, 4) is 11.6 Å². The van der Waals surface area contributed by atoms with Crippen molar-refractivity contribution in [2.45, 2.75) is 6.92 Å². The van der Waals surface area contributed by atoms with E-state index in [1.807, 2.05) is 13.1 Å². The van der Waals surface area contributed by atoms with Crippen LogP contribution < -0.4 is 10.1 Å². The fraction of sp³-hybridized carbons (Fsp3) is 0.143. The topological polar surface area (TPSA) is 51.5 Å². The van der Waals surface area contributed by atoms with E-state index >= 15 is 0 Å². The number of aromatic nitrogens is 3. The van der Waals surface area contributed by atoms with Crippen LogP contribution >= 0.6 is 15.9 Å². The number of rotatable bonds is 4. The fourth-order valence-electron chi connectivity index (χ4n) is 1.94. The second kappa shape index (κ2) is 5.69. The first kappa shape index (κ1) is 13.8. The molecule has 7 heteroatoms. The number of fused-ring (bicyclic) bond motifs is 1. The van der Waals surface area contributed by atoms with Gasteiger partial charge in [0, 0.05) is 29.5 Å². The first-order valence-corrected chi connectivity index (χ1v) is 7.16. The molecule has 0 spiro atoms. The van der Waals surface area contributed by atoms with Gasteiger partial charge < -0.3 is 10.1 Å². The lowest BCUT2D eigenvalue weighted by atomic mass is 10.3. The first-order chi connectivity index (χ1) is 10.2. The van der Waals surface area contributed by atoms with E-state index in [2.05, 4.69) is 31.2 Å². The highest BCUT2D eigenvalue weighted by atomic mass is 79.9. The zero-order valence-corrected chi connectivity index (χ0v) is 12.8. The third-order valence-electron chi connectivity index (χ3n) is 2.75. The molecule has 0 saturated heterocycles. The minimum atomic E-state index is -0.387. The number of imidazole rings is 1. The molecule has 0 amide bonds. The van der Waals surface area contributed by atoms with Gasteiger partial charge in [-0.15, -0.1) is 0 Å². The van der Waals surface area contributed by atoms with Crippen LogP contribution in [0.1, 0.15) is 6.92 Å². The molecule has 0 aliphatic rings. The Balaban J connectivity index is 2.04. The fourth-order valence-corrected chi connectivity index (χ4v) is 2.38. The Morgan fingerprint density at radius 1 is 1.38 bits per heavy atom. The number of anilines is 1. The highest BCUT2D eigenvalue weighted by Gasteiger charge is 2.11. The van der Waals surface area contributed by atoms with E-state index in [1.54, 1.807) is 22.9 Å². The van der Waals surface area contributed by atoms with Gasteiger partial charge in [0.1, 0.15) is 17.4 Å². The van der Waals surface area contributed by atoms with Crippen LogP contribution in [-0.2, 0) is 0 Å². The first-order valence-electron chi connectivity index (χ1n) is 6.37. The van der Waals surface area contributed by atoms with Crippen molar-refractivity contribution < 1.29 is 9.13 Å². The largest absolute Gasteiger partial charge is 0.436 e. The van der Waals surface area contributed by atoms with Gasteiger partial charge in [0.2, 0.25) is 5.65 Å². The highest BCUT2D eigenvalue weighted by Crippen LogP contribution is 2.28. The van der Waals surface area contributed by atoms with Crippen molar-refractivity contribution in [2.75, 3.05) is 11.9 Å². The number of nitrogens with one attached hydrogen (secondary N) is 1. The normalized spacial score (nSPS) is 10.8. The van der Waals surface area contributed by atoms with Gasteiger partial charge in [-0.1, -0.05) is 15.9 Å². The van der Waals surface area contributed by atoms with E-state index in [-0.39, 0.29) is 5.82 Å². The average Bonchev–Trinajstić information content (AvgIpc) is 2.86. The second-order valence-corrected chi connectivity index (χ2v) is 5.24. The van der Waals surface area contributed by atoms with Crippen LogP contribution in [-0.4, -0.2) is 20.9 Å². The van der Waals surface area contributed by atoms with E-state index in [9.17, 15) is 4.39 Å². The summed E-state index contributed by atoms with van der Waals surface area (Å²) in [7, 11) is 0. The molecule has 0 radical (unpaired) electrons. The number of nitrogens with zero attached hydrogens (tertiary/aromatic N) is 3. The molecule has 1 N–H and O–H groups in total. The SMILES string of the molecule is CCNc1cn2ccnc2c(Oc2cc(F)cc(Br)c2)n1. The lowest BCUT2D eigenvalue weighted by Gasteiger charge is -2.09. The Hall–Kier alpha value is -2.15. The molecule has 0 unspecified atom stereocenters. The molecule has 0 atom stereocenters. The van der Waals surface area contributed by atoms with Gasteiger partial charge >= 0.3 is 0 Å². The average molecular weight is 351 g/mol. The summed E-state index contributed by atoms with van der Waals surface area (Å²) in [5, 5.41) is 3.12. The summed E-state index contributed by atoms with van der Waals surface area (Å²) in [6.07, 6.45) is 5.27. The van der Waals surface area contributed by atoms with Crippen molar-refractivity contribution in [3.63, 3.8) is 0 Å². The molecule has 0 aliphatic heterocycles. The van der Waals surface area contributed by atoms with Crippen LogP contribution in [0.5, 0.6) is 11.6 Å². The van der Waals surface area contributed by atoms with Crippen LogP contribution in [0.4, 0.5) is 10.2 Å². The van der Waals surface area contributed by atoms with Crippen LogP contribution in [0.3, 0.4) is 0 Å². The molecule has 5 nitrogen and oxygen atoms in total. The molecular formula is C14H12BrFN4O. The summed E-state index contributed by atoms with van der Waals surface area (Å²) in [5.74, 6) is 0.943. The molecule has 2 heterocycles. The maximum absolute atomic E-state index is 13.4. The quantitative estimate of drug-likeness (QED) is 0.776. The zero-order valence-electron chi connectivity index (χ0n) is 11.2. The number of ether oxygens (including phenoxy) is 1. The minimum absolute atomic E-state index is 0.316. The van der Waals surface area contributed by atoms with Gasteiger partial charge in [-0.2, -0.15) is 4.98 Å². The van der Waals surface area contributed by atoms with Crippen molar-refractivity contribution in [3.05, 3.63) is 47.1 Å². The van der Waals surface area contributed by atoms with E-state index in [0.717, 1.165) is 6.54 Å². The van der Waals surface area contributed by atoms with Gasteiger partial charge in [0.15, 0.2) is 0 Å². The van der Waals surface area contributed by atoms with E-state index in [0.29, 0.717) is 27.6 Å². The molecule has 0 fully saturated rings. The molecule has 0 aliphatic carbocycles. The Morgan fingerprint density at radius 3 is 3.00 bits per heavy atom. The Kier molecular flexibility index (Phi) is 3.74. The maximum Gasteiger partial charge on any atom is 0.265 e. The summed E-state index contributed by atoms with van der Waals surface area (Å²) in [5.41, 5.74) is 0.567. The predicted octanol–water partition coefficient (Wildman–Crippen LogP) is 3.86. The van der Waals surface area contributed by atoms with Crippen molar-refractivity contribution in [1.29, 1.82) is 0 Å². The number of halogens is 2. The van der Waals surface area contributed by atoms with Gasteiger partial charge in [0.05, 0.1) is 6.20 Å². The number of benzene rings is 1. The van der Waals surface area contributed by atoms with Crippen LogP contribution in [0.15, 0.2) is 41.3 Å². The number of hydrogen-bond donors (Lipinski definition) is 1. The zero-order chi connectivity index (χ0) is 14.8. The smallest absolute Gasteiger partial charge is 0.265 e. The number of hydrogen-bond acceptors (Lipinski definition) is 4. The predicted molar refractivity (Wildman–Crippen MR) is 81.3 cm³/mol. The summed E-state index contributed by atoms with van der Waals surface area (Å²) >= 11 is 3.23. The summed E-state index contributed by atoms with van der Waals surface area (Å²) in [6.45, 7) is 2.71. The molecule has 0 bridgehead atoms. The van der Waals surface area contributed by atoms with Crippen LogP contribution in [0, 0.1) is 5.82 Å². The van der Waals surface area contributed by atoms with Crippen molar-refractivity contribution in [2.24, 2.45) is 0 Å². The molecule has 3 rings (SSSR count). The van der Waals surface area contributed by atoms with Crippen molar-refractivity contribution in [1.82, 2.24) is 14.4 Å². The maximum atomic E-state index is 13.4. The van der Waals surface area contributed by atoms with E-state index in [1.165, 1.54) is 12.1 Å². The van der Waals surface area contributed by atoms with E-state index in [4.69, 9.17) is 4.74 Å². The Labute approximate surface area is 128 Å². The molecule has 108 valence electrons. The van der Waals surface area contributed by atoms with Crippen LogP contribution in [0.25, 0.3) is 5.65 Å². The molecule has 2 aromatic heterocycles. The standard InChI is InChI=1S/C14H12BrFN4O/c1-2-17-12-8-20-4-3-18-13(20)14(19-12)21-11-6-9(15)5-10(16)7-11/h3-8,17H,2H2,1H3. The van der Waals surface area contributed by atoms with Gasteiger partial charge in [-0.25, -0.2) is 9.37 Å². The van der Waals surface area contributed by atoms with Gasteiger partial charge in [-0.05, 0) is 19.1 Å². The summed E-state index contributed by atoms with van der Waals surface area (Å²) in [4.78, 5) is 8.57. The Morgan fingerprint density at radius 2 is 2.24 bits per heavy atom. The third-order valence-corrected chi connectivity index (χ3v) is 3.21. The monoisotopic (exact) mass is 350 g/mol. The molecule has 3 aromatic rings. The third kappa shape index (κ3) is 2.97. The molecule has 0 saturated carbocycles. The molecule has 1 aromatic carbocycles. The van der Waals surface area contributed by atoms with Crippen molar-refractivity contribution >= 4 is 27.4 Å². The van der Waals surface area contributed by atoms with E-state index < -0.39 is 0 Å². The highest BCUT2D eigenvalue weighted by molar-refractivity contribution is 9.10. The second-order valence-electron chi connectivity index (χ2n) is 4.33.